The molecule has 7 heteroatoms. The van der Waals surface area contributed by atoms with Gasteiger partial charge in [-0.25, -0.2) is 0 Å². The molecule has 1 aromatic heterocycles. The zero-order chi connectivity index (χ0) is 22.2. The Kier molecular flexibility index (Phi) is 5.19. The van der Waals surface area contributed by atoms with Crippen LogP contribution in [0.25, 0.3) is 5.76 Å². The van der Waals surface area contributed by atoms with Gasteiger partial charge >= 0.3 is 0 Å². The summed E-state index contributed by atoms with van der Waals surface area (Å²) < 4.78 is 11.1. The second-order valence-corrected chi connectivity index (χ2v) is 8.70. The maximum Gasteiger partial charge on any atom is 0.295 e. The van der Waals surface area contributed by atoms with Crippen molar-refractivity contribution in [1.29, 1.82) is 0 Å². The summed E-state index contributed by atoms with van der Waals surface area (Å²) in [6, 6.07) is 15.6. The summed E-state index contributed by atoms with van der Waals surface area (Å²) in [7, 11) is 1.55. The van der Waals surface area contributed by atoms with E-state index in [1.165, 1.54) is 16.2 Å². The number of carbonyl (C=O) groups is 2. The molecule has 1 amide bonds. The first-order valence-corrected chi connectivity index (χ1v) is 11.2. The van der Waals surface area contributed by atoms with Gasteiger partial charge in [0.15, 0.2) is 0 Å². The lowest BCUT2D eigenvalue weighted by molar-refractivity contribution is -0.140. The van der Waals surface area contributed by atoms with Gasteiger partial charge in [0.05, 0.1) is 31.9 Å². The molecule has 0 spiro atoms. The van der Waals surface area contributed by atoms with Gasteiger partial charge in [-0.1, -0.05) is 24.3 Å². The zero-order valence-corrected chi connectivity index (χ0v) is 18.2. The molecule has 0 bridgehead atoms. The summed E-state index contributed by atoms with van der Waals surface area (Å²) in [6.07, 6.45) is 0.735. The molecule has 162 valence electrons. The van der Waals surface area contributed by atoms with Crippen molar-refractivity contribution in [2.24, 2.45) is 0 Å². The van der Waals surface area contributed by atoms with Crippen molar-refractivity contribution in [2.45, 2.75) is 19.0 Å². The number of para-hydroxylation sites is 1. The Morgan fingerprint density at radius 3 is 2.81 bits per heavy atom. The molecule has 1 unspecified atom stereocenters. The van der Waals surface area contributed by atoms with Gasteiger partial charge in [-0.05, 0) is 41.3 Å². The van der Waals surface area contributed by atoms with Gasteiger partial charge in [0.2, 0.25) is 0 Å². The number of thiophene rings is 1. The van der Waals surface area contributed by atoms with Crippen LogP contribution in [-0.4, -0.2) is 35.4 Å². The van der Waals surface area contributed by atoms with Crippen LogP contribution in [0.1, 0.15) is 27.6 Å². The Hall–Kier alpha value is -3.58. The number of amides is 1. The van der Waals surface area contributed by atoms with Gasteiger partial charge in [0, 0.05) is 22.4 Å². The highest BCUT2D eigenvalue weighted by Crippen LogP contribution is 2.44. The average Bonchev–Trinajstić information content (AvgIpc) is 3.55. The predicted molar refractivity (Wildman–Crippen MR) is 121 cm³/mol. The van der Waals surface area contributed by atoms with E-state index in [0.29, 0.717) is 23.5 Å². The molecule has 1 saturated heterocycles. The van der Waals surface area contributed by atoms with E-state index in [-0.39, 0.29) is 17.9 Å². The molecular weight excluding hydrogens is 426 g/mol. The van der Waals surface area contributed by atoms with Crippen LogP contribution in [0.3, 0.4) is 0 Å². The standard InChI is InChI=1S/C25H21NO5S/c1-30-20-7-3-2-6-18(20)22-21(23(27)16-8-9-19-15(13-16)10-11-31-19)24(28)25(29)26(22)14-17-5-4-12-32-17/h2-9,12-13,22,27H,10-11,14H2,1H3/b23-21+. The van der Waals surface area contributed by atoms with Crippen LogP contribution in [0.15, 0.2) is 65.6 Å². The van der Waals surface area contributed by atoms with Crippen molar-refractivity contribution >= 4 is 28.8 Å². The van der Waals surface area contributed by atoms with E-state index in [1.54, 1.807) is 25.3 Å². The number of Topliss-reactive ketones (excluding diaryl/α,β-unsaturated/α-hetero) is 1. The van der Waals surface area contributed by atoms with Crippen LogP contribution in [-0.2, 0) is 22.6 Å². The highest BCUT2D eigenvalue weighted by molar-refractivity contribution is 7.09. The molecule has 3 heterocycles. The molecule has 0 radical (unpaired) electrons. The second-order valence-electron chi connectivity index (χ2n) is 7.67. The summed E-state index contributed by atoms with van der Waals surface area (Å²) >= 11 is 1.51. The smallest absolute Gasteiger partial charge is 0.295 e. The van der Waals surface area contributed by atoms with Gasteiger partial charge in [-0.2, -0.15) is 0 Å². The summed E-state index contributed by atoms with van der Waals surface area (Å²) in [5.41, 5.74) is 2.17. The van der Waals surface area contributed by atoms with Gasteiger partial charge in [0.1, 0.15) is 17.3 Å². The number of fused-ring (bicyclic) bond motifs is 1. The van der Waals surface area contributed by atoms with Crippen molar-refractivity contribution in [2.75, 3.05) is 13.7 Å². The third-order valence-corrected chi connectivity index (χ3v) is 6.70. The quantitative estimate of drug-likeness (QED) is 0.358. The first kappa shape index (κ1) is 20.3. The predicted octanol–water partition coefficient (Wildman–Crippen LogP) is 4.31. The van der Waals surface area contributed by atoms with E-state index in [1.807, 2.05) is 41.8 Å². The molecule has 1 atom stereocenters. The lowest BCUT2D eigenvalue weighted by Crippen LogP contribution is -2.29. The van der Waals surface area contributed by atoms with Gasteiger partial charge in [-0.3, -0.25) is 9.59 Å². The monoisotopic (exact) mass is 447 g/mol. The minimum atomic E-state index is -0.766. The first-order valence-electron chi connectivity index (χ1n) is 10.3. The van der Waals surface area contributed by atoms with Crippen molar-refractivity contribution in [3.8, 4) is 11.5 Å². The molecule has 5 rings (SSSR count). The third-order valence-electron chi connectivity index (χ3n) is 5.84. The SMILES string of the molecule is COc1ccccc1C1/C(=C(\O)c2ccc3c(c2)CCO3)C(=O)C(=O)N1Cc1cccs1. The highest BCUT2D eigenvalue weighted by Gasteiger charge is 2.47. The Morgan fingerprint density at radius 1 is 1.19 bits per heavy atom. The number of hydrogen-bond donors (Lipinski definition) is 1. The van der Waals surface area contributed by atoms with Crippen molar-refractivity contribution in [3.63, 3.8) is 0 Å². The normalized spacial score (nSPS) is 19.2. The fourth-order valence-corrected chi connectivity index (χ4v) is 5.02. The summed E-state index contributed by atoms with van der Waals surface area (Å²) in [5.74, 6) is -0.209. The number of ketones is 1. The maximum absolute atomic E-state index is 13.2. The molecule has 1 N–H and O–H groups in total. The number of ether oxygens (including phenoxy) is 2. The van der Waals surface area contributed by atoms with E-state index in [9.17, 15) is 14.7 Å². The summed E-state index contributed by atoms with van der Waals surface area (Å²) in [6.45, 7) is 0.853. The molecule has 6 nitrogen and oxygen atoms in total. The fraction of sp³-hybridized carbons (Fsp3) is 0.200. The molecule has 3 aromatic rings. The van der Waals surface area contributed by atoms with E-state index >= 15 is 0 Å². The summed E-state index contributed by atoms with van der Waals surface area (Å²) in [4.78, 5) is 28.8. The van der Waals surface area contributed by atoms with Crippen LogP contribution in [0, 0.1) is 0 Å². The molecule has 2 aromatic carbocycles. The maximum atomic E-state index is 13.2. The van der Waals surface area contributed by atoms with Crippen molar-refractivity contribution in [3.05, 3.63) is 87.1 Å². The second kappa shape index (κ2) is 8.16. The lowest BCUT2D eigenvalue weighted by atomic mass is 9.94. The molecule has 0 saturated carbocycles. The number of aliphatic hydroxyl groups is 1. The molecule has 1 fully saturated rings. The molecule has 2 aliphatic rings. The highest BCUT2D eigenvalue weighted by atomic mass is 32.1. The van der Waals surface area contributed by atoms with Crippen LogP contribution in [0.4, 0.5) is 0 Å². The number of benzene rings is 2. The summed E-state index contributed by atoms with van der Waals surface area (Å²) in [5, 5.41) is 13.2. The number of likely N-dealkylation sites (tertiary alicyclic amines) is 1. The number of rotatable bonds is 5. The first-order chi connectivity index (χ1) is 15.6. The number of methoxy groups -OCH3 is 1. The average molecular weight is 448 g/mol. The van der Waals surface area contributed by atoms with Crippen molar-refractivity contribution in [1.82, 2.24) is 4.90 Å². The molecule has 32 heavy (non-hydrogen) atoms. The molecule has 2 aliphatic heterocycles. The van der Waals surface area contributed by atoms with E-state index in [2.05, 4.69) is 0 Å². The topological polar surface area (TPSA) is 76.1 Å². The number of hydrogen-bond acceptors (Lipinski definition) is 6. The minimum absolute atomic E-state index is 0.0647. The number of aliphatic hydroxyl groups excluding tert-OH is 1. The fourth-order valence-electron chi connectivity index (χ4n) is 4.32. The number of nitrogens with zero attached hydrogens (tertiary/aromatic N) is 1. The van der Waals surface area contributed by atoms with E-state index in [4.69, 9.17) is 9.47 Å². The van der Waals surface area contributed by atoms with Gasteiger partial charge < -0.3 is 19.5 Å². The van der Waals surface area contributed by atoms with Crippen LogP contribution < -0.4 is 9.47 Å². The van der Waals surface area contributed by atoms with Crippen molar-refractivity contribution < 1.29 is 24.2 Å². The van der Waals surface area contributed by atoms with E-state index in [0.717, 1.165) is 22.6 Å². The Labute approximate surface area is 189 Å². The Morgan fingerprint density at radius 2 is 2.03 bits per heavy atom. The number of carbonyl (C=O) groups excluding carboxylic acids is 2. The van der Waals surface area contributed by atoms with Crippen LogP contribution in [0.2, 0.25) is 0 Å². The van der Waals surface area contributed by atoms with Crippen LogP contribution >= 0.6 is 11.3 Å². The van der Waals surface area contributed by atoms with E-state index < -0.39 is 17.7 Å². The third kappa shape index (κ3) is 3.35. The molecule has 0 aliphatic carbocycles. The Bertz CT molecular complexity index is 1230. The molecular formula is C25H21NO5S. The van der Waals surface area contributed by atoms with Crippen LogP contribution in [0.5, 0.6) is 11.5 Å². The lowest BCUT2D eigenvalue weighted by Gasteiger charge is -2.26. The largest absolute Gasteiger partial charge is 0.507 e. The Balaban J connectivity index is 1.67. The van der Waals surface area contributed by atoms with Gasteiger partial charge in [-0.15, -0.1) is 11.3 Å². The zero-order valence-electron chi connectivity index (χ0n) is 17.4. The van der Waals surface area contributed by atoms with Gasteiger partial charge in [0.25, 0.3) is 11.7 Å². The minimum Gasteiger partial charge on any atom is -0.507 e.